The van der Waals surface area contributed by atoms with E-state index in [9.17, 15) is 9.59 Å². The smallest absolute Gasteiger partial charge is 0.408 e. The Hall–Kier alpha value is -2.53. The van der Waals surface area contributed by atoms with E-state index in [1.807, 2.05) is 51.1 Å². The number of nitrogens with one attached hydrogen (secondary N) is 2. The predicted molar refractivity (Wildman–Crippen MR) is 108 cm³/mol. The van der Waals surface area contributed by atoms with Gasteiger partial charge in [0, 0.05) is 10.7 Å². The molecule has 144 valence electrons. The molecule has 0 saturated carbocycles. The van der Waals surface area contributed by atoms with Crippen molar-refractivity contribution in [3.8, 4) is 0 Å². The first kappa shape index (κ1) is 20.8. The Labute approximate surface area is 165 Å². The maximum absolute atomic E-state index is 12.7. The highest BCUT2D eigenvalue weighted by atomic mass is 35.5. The number of amides is 2. The van der Waals surface area contributed by atoms with Crippen LogP contribution in [0.1, 0.15) is 31.4 Å². The summed E-state index contributed by atoms with van der Waals surface area (Å²) in [6.07, 6.45) is 0.114. The molecule has 2 N–H and O–H groups in total. The minimum atomic E-state index is -0.701. The van der Waals surface area contributed by atoms with Crippen LogP contribution in [0.25, 0.3) is 0 Å². The van der Waals surface area contributed by atoms with E-state index in [1.165, 1.54) is 0 Å². The molecule has 6 heteroatoms. The van der Waals surface area contributed by atoms with E-state index < -0.39 is 12.1 Å². The van der Waals surface area contributed by atoms with Crippen LogP contribution in [-0.4, -0.2) is 18.0 Å². The standard InChI is InChI=1S/C21H25ClN2O3/c1-4-14(2)19(20(25)23-18-11-10-17(22)12-15(18)3)24-21(26)27-13-16-8-6-5-7-9-16/h5-12,14,19H,4,13H2,1-3H3,(H,23,25)(H,24,26)/t14-,19-/m0/s1. The summed E-state index contributed by atoms with van der Waals surface area (Å²) < 4.78 is 5.25. The van der Waals surface area contributed by atoms with Crippen LogP contribution in [0.15, 0.2) is 48.5 Å². The molecule has 2 atom stereocenters. The van der Waals surface area contributed by atoms with E-state index in [0.717, 1.165) is 17.5 Å². The third kappa shape index (κ3) is 6.29. The summed E-state index contributed by atoms with van der Waals surface area (Å²) in [5.41, 5.74) is 2.40. The predicted octanol–water partition coefficient (Wildman–Crippen LogP) is 4.93. The number of hydrogen-bond acceptors (Lipinski definition) is 3. The summed E-state index contributed by atoms with van der Waals surface area (Å²) in [6, 6.07) is 13.9. The number of carbonyl (C=O) groups excluding carboxylic acids is 2. The van der Waals surface area contributed by atoms with Crippen molar-refractivity contribution < 1.29 is 14.3 Å². The van der Waals surface area contributed by atoms with E-state index in [2.05, 4.69) is 10.6 Å². The van der Waals surface area contributed by atoms with Crippen LogP contribution < -0.4 is 10.6 Å². The summed E-state index contributed by atoms with van der Waals surface area (Å²) in [5.74, 6) is -0.340. The molecule has 2 rings (SSSR count). The zero-order valence-electron chi connectivity index (χ0n) is 15.8. The van der Waals surface area contributed by atoms with E-state index in [0.29, 0.717) is 10.7 Å². The van der Waals surface area contributed by atoms with Crippen molar-refractivity contribution in [2.45, 2.75) is 39.8 Å². The summed E-state index contributed by atoms with van der Waals surface area (Å²) in [4.78, 5) is 24.9. The van der Waals surface area contributed by atoms with Crippen LogP contribution in [0.3, 0.4) is 0 Å². The van der Waals surface area contributed by atoms with Gasteiger partial charge in [-0.1, -0.05) is 62.2 Å². The SMILES string of the molecule is CC[C@H](C)[C@H](NC(=O)OCc1ccccc1)C(=O)Nc1ccc(Cl)cc1C. The van der Waals surface area contributed by atoms with Gasteiger partial charge in [-0.3, -0.25) is 4.79 Å². The van der Waals surface area contributed by atoms with Gasteiger partial charge in [-0.15, -0.1) is 0 Å². The second-order valence-corrected chi connectivity index (χ2v) is 6.95. The van der Waals surface area contributed by atoms with Crippen LogP contribution in [0.5, 0.6) is 0 Å². The average Bonchev–Trinajstić information content (AvgIpc) is 2.66. The molecule has 0 heterocycles. The molecule has 2 aromatic carbocycles. The second-order valence-electron chi connectivity index (χ2n) is 6.52. The quantitative estimate of drug-likeness (QED) is 0.706. The van der Waals surface area contributed by atoms with Crippen molar-refractivity contribution in [1.29, 1.82) is 0 Å². The lowest BCUT2D eigenvalue weighted by Crippen LogP contribution is -2.47. The number of ether oxygens (including phenoxy) is 1. The minimum Gasteiger partial charge on any atom is -0.445 e. The highest BCUT2D eigenvalue weighted by Gasteiger charge is 2.27. The van der Waals surface area contributed by atoms with Crippen LogP contribution in [-0.2, 0) is 16.1 Å². The Kier molecular flexibility index (Phi) is 7.67. The maximum atomic E-state index is 12.7. The lowest BCUT2D eigenvalue weighted by molar-refractivity contribution is -0.119. The molecule has 0 radical (unpaired) electrons. The van der Waals surface area contributed by atoms with Gasteiger partial charge in [0.2, 0.25) is 5.91 Å². The molecular formula is C21H25ClN2O3. The van der Waals surface area contributed by atoms with Gasteiger partial charge in [-0.2, -0.15) is 0 Å². The zero-order valence-corrected chi connectivity index (χ0v) is 16.5. The zero-order chi connectivity index (χ0) is 19.8. The first-order valence-corrected chi connectivity index (χ1v) is 9.32. The molecule has 0 aliphatic heterocycles. The summed E-state index contributed by atoms with van der Waals surface area (Å²) in [6.45, 7) is 5.89. The van der Waals surface area contributed by atoms with Gasteiger partial charge >= 0.3 is 6.09 Å². The van der Waals surface area contributed by atoms with Gasteiger partial charge in [0.1, 0.15) is 12.6 Å². The average molecular weight is 389 g/mol. The first-order valence-electron chi connectivity index (χ1n) is 8.95. The van der Waals surface area contributed by atoms with Crippen molar-refractivity contribution >= 4 is 29.3 Å². The van der Waals surface area contributed by atoms with Gasteiger partial charge in [0.25, 0.3) is 0 Å². The van der Waals surface area contributed by atoms with Gasteiger partial charge in [-0.05, 0) is 42.2 Å². The number of aryl methyl sites for hydroxylation is 1. The normalized spacial score (nSPS) is 12.7. The van der Waals surface area contributed by atoms with Gasteiger partial charge in [-0.25, -0.2) is 4.79 Å². The number of hydrogen-bond donors (Lipinski definition) is 2. The third-order valence-corrected chi connectivity index (χ3v) is 4.66. The lowest BCUT2D eigenvalue weighted by atomic mass is 9.98. The Morgan fingerprint density at radius 2 is 1.85 bits per heavy atom. The molecule has 0 fully saturated rings. The van der Waals surface area contributed by atoms with Crippen molar-refractivity contribution in [3.05, 3.63) is 64.7 Å². The summed E-state index contributed by atoms with van der Waals surface area (Å²) >= 11 is 5.96. The maximum Gasteiger partial charge on any atom is 0.408 e. The van der Waals surface area contributed by atoms with Gasteiger partial charge in [0.15, 0.2) is 0 Å². The highest BCUT2D eigenvalue weighted by Crippen LogP contribution is 2.20. The van der Waals surface area contributed by atoms with E-state index >= 15 is 0 Å². The van der Waals surface area contributed by atoms with Crippen LogP contribution >= 0.6 is 11.6 Å². The number of alkyl carbamates (subject to hydrolysis) is 1. The largest absolute Gasteiger partial charge is 0.445 e. The number of halogens is 1. The topological polar surface area (TPSA) is 67.4 Å². The van der Waals surface area contributed by atoms with Crippen molar-refractivity contribution in [1.82, 2.24) is 5.32 Å². The summed E-state index contributed by atoms with van der Waals surface area (Å²) in [5, 5.41) is 6.16. The molecule has 2 amide bonds. The molecule has 27 heavy (non-hydrogen) atoms. The Morgan fingerprint density at radius 1 is 1.15 bits per heavy atom. The lowest BCUT2D eigenvalue weighted by Gasteiger charge is -2.23. The molecule has 0 aliphatic carbocycles. The fourth-order valence-electron chi connectivity index (χ4n) is 2.57. The van der Waals surface area contributed by atoms with Crippen LogP contribution in [0.4, 0.5) is 10.5 Å². The van der Waals surface area contributed by atoms with Gasteiger partial charge in [0.05, 0.1) is 0 Å². The van der Waals surface area contributed by atoms with Crippen LogP contribution in [0.2, 0.25) is 5.02 Å². The monoisotopic (exact) mass is 388 g/mol. The number of rotatable bonds is 7. The first-order chi connectivity index (χ1) is 12.9. The molecule has 0 spiro atoms. The molecular weight excluding hydrogens is 364 g/mol. The molecule has 0 bridgehead atoms. The van der Waals surface area contributed by atoms with E-state index in [-0.39, 0.29) is 18.4 Å². The molecule has 0 saturated heterocycles. The number of carbonyl (C=O) groups is 2. The Balaban J connectivity index is 2.00. The van der Waals surface area contributed by atoms with E-state index in [4.69, 9.17) is 16.3 Å². The number of anilines is 1. The van der Waals surface area contributed by atoms with Crippen molar-refractivity contribution in [2.24, 2.45) is 5.92 Å². The molecule has 5 nitrogen and oxygen atoms in total. The van der Waals surface area contributed by atoms with Crippen molar-refractivity contribution in [2.75, 3.05) is 5.32 Å². The fraction of sp³-hybridized carbons (Fsp3) is 0.333. The molecule has 2 aromatic rings. The minimum absolute atomic E-state index is 0.0538. The summed E-state index contributed by atoms with van der Waals surface area (Å²) in [7, 11) is 0. The Bertz CT molecular complexity index is 780. The highest BCUT2D eigenvalue weighted by molar-refractivity contribution is 6.30. The Morgan fingerprint density at radius 3 is 2.48 bits per heavy atom. The number of benzene rings is 2. The van der Waals surface area contributed by atoms with E-state index in [1.54, 1.807) is 18.2 Å². The molecule has 0 aliphatic rings. The van der Waals surface area contributed by atoms with Crippen molar-refractivity contribution in [3.63, 3.8) is 0 Å². The fourth-order valence-corrected chi connectivity index (χ4v) is 2.80. The second kappa shape index (κ2) is 9.97. The molecule has 0 unspecified atom stereocenters. The van der Waals surface area contributed by atoms with Gasteiger partial charge < -0.3 is 15.4 Å². The molecule has 0 aromatic heterocycles. The van der Waals surface area contributed by atoms with Crippen LogP contribution in [0, 0.1) is 12.8 Å². The third-order valence-electron chi connectivity index (χ3n) is 4.43.